The highest BCUT2D eigenvalue weighted by molar-refractivity contribution is 7.02. The fraction of sp³-hybridized carbons (Fsp3) is 0.733. The fourth-order valence-electron chi connectivity index (χ4n) is 2.20. The smallest absolute Gasteiger partial charge is 0.375 e. The van der Waals surface area contributed by atoms with E-state index in [1.165, 1.54) is 17.1 Å². The molecule has 1 rings (SSSR count). The van der Waals surface area contributed by atoms with Gasteiger partial charge in [0.05, 0.1) is 18.8 Å². The maximum absolute atomic E-state index is 11.7. The second kappa shape index (κ2) is 7.72. The maximum Gasteiger partial charge on any atom is 0.588 e. The molecule has 0 saturated heterocycles. The van der Waals surface area contributed by atoms with Crippen LogP contribution in [0.3, 0.4) is 0 Å². The number of carbonyl (C=O) groups is 2. The normalized spacial score (nSPS) is 15.8. The van der Waals surface area contributed by atoms with E-state index in [9.17, 15) is 9.59 Å². The molecule has 0 aromatic heterocycles. The average Bonchev–Trinajstić information content (AvgIpc) is 2.68. The highest BCUT2D eigenvalue weighted by Crippen LogP contribution is 2.24. The molecular weight excluding hydrogens is 322 g/mol. The number of carbonyl (C=O) groups excluding carboxylic acids is 2. The third-order valence-electron chi connectivity index (χ3n) is 3.63. The summed E-state index contributed by atoms with van der Waals surface area (Å²) in [7, 11) is -1.19. The Morgan fingerprint density at radius 3 is 2.14 bits per heavy atom. The Morgan fingerprint density at radius 2 is 1.64 bits per heavy atom. The first-order valence-corrected chi connectivity index (χ1v) is 10.3. The van der Waals surface area contributed by atoms with E-state index in [1.807, 2.05) is 34.2 Å². The summed E-state index contributed by atoms with van der Waals surface area (Å²) >= 11 is 5.83. The summed E-state index contributed by atoms with van der Waals surface area (Å²) in [5.74, 6) is -0.523. The van der Waals surface area contributed by atoms with Crippen LogP contribution in [0.4, 0.5) is 0 Å². The zero-order valence-electron chi connectivity index (χ0n) is 13.9. The number of halogens is 1. The summed E-state index contributed by atoms with van der Waals surface area (Å²) in [6.07, 6.45) is 3.94. The molecule has 0 fully saturated rings. The van der Waals surface area contributed by atoms with E-state index in [-0.39, 0.29) is 17.4 Å². The van der Waals surface area contributed by atoms with Crippen LogP contribution in [0.1, 0.15) is 40.5 Å². The minimum atomic E-state index is -1.19. The van der Waals surface area contributed by atoms with Crippen molar-refractivity contribution in [3.63, 3.8) is 0 Å². The van der Waals surface area contributed by atoms with Crippen molar-refractivity contribution < 1.29 is 18.8 Å². The van der Waals surface area contributed by atoms with Crippen molar-refractivity contribution in [2.24, 2.45) is 0 Å². The Hall–Kier alpha value is -0.693. The molecule has 0 saturated carbocycles. The third kappa shape index (κ3) is 5.83. The van der Waals surface area contributed by atoms with Gasteiger partial charge in [-0.2, -0.15) is 0 Å². The molecule has 1 aliphatic rings. The molecule has 0 unspecified atom stereocenters. The van der Waals surface area contributed by atoms with Crippen molar-refractivity contribution in [1.82, 2.24) is 4.90 Å². The van der Waals surface area contributed by atoms with E-state index < -0.39 is 13.9 Å². The molecule has 0 aromatic carbocycles. The van der Waals surface area contributed by atoms with Crippen LogP contribution in [0.5, 0.6) is 0 Å². The Labute approximate surface area is 139 Å². The van der Waals surface area contributed by atoms with Crippen molar-refractivity contribution in [2.45, 2.75) is 58.2 Å². The van der Waals surface area contributed by atoms with E-state index in [0.29, 0.717) is 19.6 Å². The Kier molecular flexibility index (Phi) is 6.79. The Balaban J connectivity index is 2.41. The van der Waals surface area contributed by atoms with Crippen LogP contribution in [-0.4, -0.2) is 49.4 Å². The average molecular weight is 347 g/mol. The minimum Gasteiger partial charge on any atom is -0.375 e. The van der Waals surface area contributed by atoms with Crippen molar-refractivity contribution in [2.75, 3.05) is 13.2 Å². The lowest BCUT2D eigenvalue weighted by Crippen LogP contribution is -2.48. The molecule has 7 heteroatoms. The molecule has 124 valence electrons. The van der Waals surface area contributed by atoms with Crippen LogP contribution in [0, 0.1) is 0 Å². The predicted molar refractivity (Wildman–Crippen MR) is 87.8 cm³/mol. The molecule has 0 bridgehead atoms. The van der Waals surface area contributed by atoms with E-state index in [1.54, 1.807) is 0 Å². The van der Waals surface area contributed by atoms with Gasteiger partial charge in [-0.15, -0.1) is 0 Å². The highest BCUT2D eigenvalue weighted by Gasteiger charge is 2.37. The highest BCUT2D eigenvalue weighted by atomic mass is 35.6. The molecule has 22 heavy (non-hydrogen) atoms. The Morgan fingerprint density at radius 1 is 1.09 bits per heavy atom. The zero-order valence-corrected chi connectivity index (χ0v) is 15.7. The van der Waals surface area contributed by atoms with Gasteiger partial charge in [0.2, 0.25) is 0 Å². The summed E-state index contributed by atoms with van der Waals surface area (Å²) in [4.78, 5) is 24.8. The van der Waals surface area contributed by atoms with Crippen LogP contribution >= 0.6 is 11.1 Å². The van der Waals surface area contributed by atoms with Gasteiger partial charge in [0.15, 0.2) is 0 Å². The van der Waals surface area contributed by atoms with Gasteiger partial charge in [-0.05, 0) is 34.1 Å². The maximum atomic E-state index is 11.7. The number of ether oxygens (including phenoxy) is 1. The lowest BCUT2D eigenvalue weighted by molar-refractivity contribution is -0.144. The van der Waals surface area contributed by atoms with Gasteiger partial charge < -0.3 is 4.74 Å². The predicted octanol–water partition coefficient (Wildman–Crippen LogP) is 2.64. The van der Waals surface area contributed by atoms with Gasteiger partial charge in [0.25, 0.3) is 11.8 Å². The van der Waals surface area contributed by atoms with E-state index >= 15 is 0 Å². The largest absolute Gasteiger partial charge is 0.588 e. The molecule has 0 aliphatic carbocycles. The first-order chi connectivity index (χ1) is 10.1. The topological polar surface area (TPSA) is 55.8 Å². The fourth-order valence-corrected chi connectivity index (χ4v) is 2.81. The molecular formula is C15H25ClNO4Si+. The number of hydrogen-bond donors (Lipinski definition) is 0. The molecule has 0 spiro atoms. The Bertz CT molecular complexity index is 431. The van der Waals surface area contributed by atoms with Crippen molar-refractivity contribution in [1.29, 1.82) is 0 Å². The molecule has 1 aliphatic heterocycles. The molecule has 0 radical (unpaired) electrons. The summed E-state index contributed by atoms with van der Waals surface area (Å²) in [5, 5.41) is 0. The van der Waals surface area contributed by atoms with Crippen LogP contribution < -0.4 is 0 Å². The zero-order chi connectivity index (χ0) is 17.0. The molecule has 0 atom stereocenters. The number of nitrogens with zero attached hydrogens (tertiary/aromatic N) is 1. The number of imide groups is 1. The van der Waals surface area contributed by atoms with Gasteiger partial charge in [-0.3, -0.25) is 14.5 Å². The van der Waals surface area contributed by atoms with Crippen molar-refractivity contribution in [3.8, 4) is 0 Å². The van der Waals surface area contributed by atoms with Gasteiger partial charge in [-0.25, -0.2) is 4.43 Å². The summed E-state index contributed by atoms with van der Waals surface area (Å²) in [6, 6.07) is 0. The van der Waals surface area contributed by atoms with Crippen molar-refractivity contribution >= 4 is 31.2 Å². The van der Waals surface area contributed by atoms with Crippen molar-refractivity contribution in [3.05, 3.63) is 12.2 Å². The van der Waals surface area contributed by atoms with Gasteiger partial charge in [-0.1, -0.05) is 0 Å². The molecule has 1 heterocycles. The number of amides is 2. The minimum absolute atomic E-state index is 0.262. The number of rotatable bonds is 9. The third-order valence-corrected chi connectivity index (χ3v) is 4.56. The lowest BCUT2D eigenvalue weighted by Gasteiger charge is -2.35. The summed E-state index contributed by atoms with van der Waals surface area (Å²) in [6.45, 7) is 10.6. The van der Waals surface area contributed by atoms with Crippen LogP contribution in [0.15, 0.2) is 12.2 Å². The quantitative estimate of drug-likeness (QED) is 0.366. The van der Waals surface area contributed by atoms with E-state index in [2.05, 4.69) is 0 Å². The first kappa shape index (κ1) is 19.4. The molecule has 2 amide bonds. The lowest BCUT2D eigenvalue weighted by atomic mass is 9.98. The van der Waals surface area contributed by atoms with Crippen LogP contribution in [0.25, 0.3) is 0 Å². The monoisotopic (exact) mass is 346 g/mol. The van der Waals surface area contributed by atoms with E-state index in [0.717, 1.165) is 6.42 Å². The first-order valence-electron chi connectivity index (χ1n) is 7.37. The second-order valence-corrected chi connectivity index (χ2v) is 9.41. The molecule has 0 N–H and O–H groups in total. The second-order valence-electron chi connectivity index (χ2n) is 6.58. The van der Waals surface area contributed by atoms with Gasteiger partial charge >= 0.3 is 8.35 Å². The summed E-state index contributed by atoms with van der Waals surface area (Å²) in [5.41, 5.74) is -0.901. The van der Waals surface area contributed by atoms with Gasteiger partial charge in [0, 0.05) is 30.7 Å². The van der Waals surface area contributed by atoms with Crippen LogP contribution in [-0.2, 0) is 18.8 Å². The molecule has 5 nitrogen and oxygen atoms in total. The standard InChI is InChI=1S/C15H25ClNO4Si/c1-14(2,17-12(18)6-7-13(17)19)8-10-20-15(3,4)9-11-21-22(5)16/h6-7H,8-11H2,1-5H3/q+1. The number of hydrogen-bond acceptors (Lipinski definition) is 4. The SMILES string of the molecule is C[Si+](Cl)OCCC(C)(C)OCCC(C)(C)N1C(=O)C=CC1=O. The van der Waals surface area contributed by atoms with Crippen LogP contribution in [0.2, 0.25) is 6.55 Å². The summed E-state index contributed by atoms with van der Waals surface area (Å²) < 4.78 is 11.3. The van der Waals surface area contributed by atoms with E-state index in [4.69, 9.17) is 20.2 Å². The molecule has 0 aromatic rings. The van der Waals surface area contributed by atoms with Gasteiger partial charge in [0.1, 0.15) is 11.1 Å².